The van der Waals surface area contributed by atoms with Crippen LogP contribution in [0.3, 0.4) is 0 Å². The Morgan fingerprint density at radius 3 is 1.93 bits per heavy atom. The maximum absolute atomic E-state index is 14.7. The van der Waals surface area contributed by atoms with Gasteiger partial charge in [0.05, 0.1) is 48.7 Å². The zero-order valence-corrected chi connectivity index (χ0v) is 65.5. The number of carbonyl (C=O) groups is 12. The number of ketones is 1. The molecule has 0 aliphatic carbocycles. The van der Waals surface area contributed by atoms with Crippen molar-refractivity contribution in [1.29, 1.82) is 0 Å². The lowest BCUT2D eigenvalue weighted by Gasteiger charge is -2.39. The topological polar surface area (TPSA) is 383 Å². The SMILES string of the molecule is CCC(C)C(C(CC(=O)N1CCCC1C(OC)C(C)C(=O)N[C@@H](Cc1ccccc1)C(=O)NCCc1ccc(NC(=O)C(CCCNC(N)=O)NC(=O)C(NC(=O)C2OC3OC(C)(C)OC3C2NC(=O)CCCCCN2C(=O)C=CC2=O)C(C)C)cc1)OC)C(C)C(=O)C(NC(=O)C(C(C)C)N(C)C)C(C)C. The number of primary amides is 1. The molecule has 4 heterocycles. The molecule has 4 aliphatic heterocycles. The number of urea groups is 1. The predicted molar refractivity (Wildman–Crippen MR) is 401 cm³/mol. The van der Waals surface area contributed by atoms with E-state index in [0.29, 0.717) is 57.2 Å². The molecule has 0 radical (unpaired) electrons. The summed E-state index contributed by atoms with van der Waals surface area (Å²) in [5, 5.41) is 22.8. The number of likely N-dealkylation sites (N-methyl/N-ethyl adjacent to an activating group) is 1. The molecule has 0 spiro atoms. The van der Waals surface area contributed by atoms with Crippen LogP contribution in [0.25, 0.3) is 0 Å². The van der Waals surface area contributed by atoms with E-state index in [4.69, 9.17) is 29.4 Å². The first-order valence-corrected chi connectivity index (χ1v) is 38.0. The number of methoxy groups -OCH3 is 2. The summed E-state index contributed by atoms with van der Waals surface area (Å²) in [6.07, 6.45) is 1.85. The molecule has 16 atom stereocenters. The van der Waals surface area contributed by atoms with E-state index in [2.05, 4.69) is 49.5 Å². The lowest BCUT2D eigenvalue weighted by atomic mass is 9.73. The van der Waals surface area contributed by atoms with Crippen LogP contribution in [0.1, 0.15) is 158 Å². The number of likely N-dealkylation sites (tertiary alicyclic amines) is 1. The number of amides is 12. The lowest BCUT2D eigenvalue weighted by molar-refractivity contribution is -0.208. The van der Waals surface area contributed by atoms with Crippen molar-refractivity contribution >= 4 is 76.6 Å². The van der Waals surface area contributed by atoms with E-state index in [1.165, 1.54) is 19.3 Å². The summed E-state index contributed by atoms with van der Waals surface area (Å²) < 4.78 is 30.4. The average molecular weight is 1500 g/mol. The molecule has 0 aromatic heterocycles. The fourth-order valence-electron chi connectivity index (χ4n) is 15.0. The van der Waals surface area contributed by atoms with Crippen molar-refractivity contribution in [3.8, 4) is 0 Å². The largest absolute Gasteiger partial charge is 0.381 e. The van der Waals surface area contributed by atoms with Crippen molar-refractivity contribution in [3.63, 3.8) is 0 Å². The van der Waals surface area contributed by atoms with E-state index in [1.54, 1.807) is 70.9 Å². The number of nitrogens with two attached hydrogens (primary N) is 1. The molecule has 10 N–H and O–H groups in total. The highest BCUT2D eigenvalue weighted by molar-refractivity contribution is 6.12. The van der Waals surface area contributed by atoms with Gasteiger partial charge in [-0.25, -0.2) is 4.79 Å². The number of hydrogen-bond donors (Lipinski definition) is 9. The van der Waals surface area contributed by atoms with Crippen LogP contribution in [-0.2, 0) is 89.3 Å². The van der Waals surface area contributed by atoms with E-state index >= 15 is 0 Å². The van der Waals surface area contributed by atoms with Crippen LogP contribution < -0.4 is 48.3 Å². The normalized spacial score (nSPS) is 21.3. The summed E-state index contributed by atoms with van der Waals surface area (Å²) in [7, 11) is 6.75. The second kappa shape index (κ2) is 41.4. The fraction of sp³-hybridized carbons (Fsp3) is 0.667. The van der Waals surface area contributed by atoms with Crippen molar-refractivity contribution in [2.24, 2.45) is 47.2 Å². The molecule has 15 unspecified atom stereocenters. The van der Waals surface area contributed by atoms with E-state index in [1.807, 2.05) is 90.9 Å². The molecule has 107 heavy (non-hydrogen) atoms. The third kappa shape index (κ3) is 24.9. The summed E-state index contributed by atoms with van der Waals surface area (Å²) in [4.78, 5) is 168. The minimum atomic E-state index is -1.37. The van der Waals surface area contributed by atoms with Crippen LogP contribution in [0.15, 0.2) is 66.7 Å². The molecule has 6 rings (SSSR count). The molecule has 2 aromatic carbocycles. The fourth-order valence-corrected chi connectivity index (χ4v) is 15.0. The van der Waals surface area contributed by atoms with Crippen molar-refractivity contribution in [1.82, 2.24) is 51.9 Å². The highest BCUT2D eigenvalue weighted by Crippen LogP contribution is 2.39. The second-order valence-corrected chi connectivity index (χ2v) is 30.6. The maximum atomic E-state index is 14.7. The van der Waals surface area contributed by atoms with Gasteiger partial charge in [0.15, 0.2) is 24.0 Å². The maximum Gasteiger partial charge on any atom is 0.312 e. The van der Waals surface area contributed by atoms with E-state index in [0.717, 1.165) is 16.0 Å². The number of imide groups is 1. The summed E-state index contributed by atoms with van der Waals surface area (Å²) in [6, 6.07) is 9.20. The standard InChI is InChI=1S/C78H120N12O17/c1-17-47(8)61(48(9)66(95)62(44(2)3)86-74(100)65(46(6)7)88(13)14)56(103-15)43-60(94)89-41-25-29-55(89)67(104-16)49(10)70(96)84-54(42-51-26-20-18-21-27-51)71(97)80-39-37-50-31-33-52(34-32-50)82-72(98)53(28-24-38-81-77(79)102)83-73(99)63(45(4)5)87-75(101)68-64(69-76(105-68)107-78(11,12)106-69)85-57(91)30-22-19-23-40-90-58(92)35-36-59(90)93/h18,20-21,26-27,31-36,44-49,53-56,61-65,67-69,76H,17,19,22-25,28-30,37-43H2,1-16H3,(H,80,97)(H,82,98)(H,83,99)(H,84,96)(H,85,91)(H,86,100)(H,87,101)(H3,79,81,102)/t47?,48?,49?,53?,54-,55?,56?,61?,62?,63?,64?,65?,67?,68?,69?,76?/m0/s1. The van der Waals surface area contributed by atoms with Crippen molar-refractivity contribution in [2.75, 3.05) is 59.8 Å². The minimum Gasteiger partial charge on any atom is -0.381 e. The molecule has 29 nitrogen and oxygen atoms in total. The first kappa shape index (κ1) is 87.7. The number of benzene rings is 2. The van der Waals surface area contributed by atoms with Crippen LogP contribution in [-0.4, -0.2) is 219 Å². The monoisotopic (exact) mass is 1500 g/mol. The molecule has 3 saturated heterocycles. The Balaban J connectivity index is 1.06. The summed E-state index contributed by atoms with van der Waals surface area (Å²) in [6.45, 7) is 23.1. The number of carbonyl (C=O) groups excluding carboxylic acids is 12. The number of unbranched alkanes of at least 4 members (excludes halogenated alkanes) is 2. The number of fused-ring (bicyclic) bond motifs is 1. The molecule has 0 bridgehead atoms. The van der Waals surface area contributed by atoms with Gasteiger partial charge in [0.25, 0.3) is 17.7 Å². The number of nitrogens with zero attached hydrogens (tertiary/aromatic N) is 3. The van der Waals surface area contributed by atoms with Crippen LogP contribution >= 0.6 is 0 Å². The number of ether oxygens (including phenoxy) is 5. The number of nitrogens with one attached hydrogen (secondary N) is 8. The predicted octanol–water partition coefficient (Wildman–Crippen LogP) is 4.57. The lowest BCUT2D eigenvalue weighted by Crippen LogP contribution is -2.59. The quantitative estimate of drug-likeness (QED) is 0.0324. The highest BCUT2D eigenvalue weighted by atomic mass is 16.8. The van der Waals surface area contributed by atoms with E-state index < -0.39 is 138 Å². The van der Waals surface area contributed by atoms with Gasteiger partial charge < -0.3 is 76.9 Å². The van der Waals surface area contributed by atoms with Gasteiger partial charge in [0, 0.05) is 77.0 Å². The van der Waals surface area contributed by atoms with Gasteiger partial charge in [-0.1, -0.05) is 125 Å². The third-order valence-corrected chi connectivity index (χ3v) is 20.9. The molecule has 3 fully saturated rings. The summed E-state index contributed by atoms with van der Waals surface area (Å²) in [5.41, 5.74) is 7.28. The molecular weight excluding hydrogens is 1380 g/mol. The Morgan fingerprint density at radius 1 is 0.682 bits per heavy atom. The zero-order valence-electron chi connectivity index (χ0n) is 65.5. The van der Waals surface area contributed by atoms with Crippen LogP contribution in [0.2, 0.25) is 0 Å². The summed E-state index contributed by atoms with van der Waals surface area (Å²) in [5.74, 6) is -8.35. The third-order valence-electron chi connectivity index (χ3n) is 20.9. The number of anilines is 1. The molecule has 0 saturated carbocycles. The van der Waals surface area contributed by atoms with Crippen molar-refractivity contribution in [2.45, 2.75) is 239 Å². The molecular formula is C78H120N12O17. The van der Waals surface area contributed by atoms with Gasteiger partial charge in [0.1, 0.15) is 24.2 Å². The highest BCUT2D eigenvalue weighted by Gasteiger charge is 2.58. The van der Waals surface area contributed by atoms with Gasteiger partial charge in [-0.2, -0.15) is 0 Å². The second-order valence-electron chi connectivity index (χ2n) is 30.6. The first-order valence-electron chi connectivity index (χ1n) is 38.0. The molecule has 4 aliphatic rings. The van der Waals surface area contributed by atoms with Crippen molar-refractivity contribution < 1.29 is 81.2 Å². The van der Waals surface area contributed by atoms with E-state index in [9.17, 15) is 57.5 Å². The Kier molecular flexibility index (Phi) is 33.9. The van der Waals surface area contributed by atoms with Gasteiger partial charge >= 0.3 is 6.03 Å². The van der Waals surface area contributed by atoms with Gasteiger partial charge in [0.2, 0.25) is 41.4 Å². The Labute approximate surface area is 630 Å². The van der Waals surface area contributed by atoms with Crippen LogP contribution in [0.4, 0.5) is 10.5 Å². The van der Waals surface area contributed by atoms with Gasteiger partial charge in [-0.05, 0) is 126 Å². The van der Waals surface area contributed by atoms with Crippen LogP contribution in [0, 0.1) is 41.4 Å². The molecule has 12 amide bonds. The molecule has 29 heteroatoms. The number of rotatable bonds is 43. The summed E-state index contributed by atoms with van der Waals surface area (Å²) >= 11 is 0. The number of Topliss-reactive ketones (excluding diaryl/α,β-unsaturated/α-hetero) is 1. The number of hydrogen-bond acceptors (Lipinski definition) is 18. The Morgan fingerprint density at radius 2 is 1.34 bits per heavy atom. The van der Waals surface area contributed by atoms with E-state index in [-0.39, 0.29) is 105 Å². The molecule has 2 aromatic rings. The average Bonchev–Trinajstić information content (AvgIpc) is 1.61. The Bertz CT molecular complexity index is 3360. The van der Waals surface area contributed by atoms with Gasteiger partial charge in [-0.15, -0.1) is 0 Å². The first-order chi connectivity index (χ1) is 50.6. The Hall–Kier alpha value is -8.22. The molecule has 594 valence electrons. The van der Waals surface area contributed by atoms with Gasteiger partial charge in [-0.3, -0.25) is 62.5 Å². The minimum absolute atomic E-state index is 0.00223. The van der Waals surface area contributed by atoms with Crippen LogP contribution in [0.5, 0.6) is 0 Å². The zero-order chi connectivity index (χ0) is 79.1. The smallest absolute Gasteiger partial charge is 0.312 e. The van der Waals surface area contributed by atoms with Crippen molar-refractivity contribution in [3.05, 3.63) is 77.9 Å².